The van der Waals surface area contributed by atoms with Gasteiger partial charge in [-0.1, -0.05) is 24.3 Å². The molecule has 0 radical (unpaired) electrons. The third-order valence-electron chi connectivity index (χ3n) is 4.50. The van der Waals surface area contributed by atoms with Crippen molar-refractivity contribution < 1.29 is 19.2 Å². The number of amides is 2. The predicted molar refractivity (Wildman–Crippen MR) is 102 cm³/mol. The second kappa shape index (κ2) is 8.98. The number of hydrogen-bond acceptors (Lipinski definition) is 5. The molecule has 0 unspecified atom stereocenters. The zero-order chi connectivity index (χ0) is 19.9. The van der Waals surface area contributed by atoms with Gasteiger partial charge < -0.3 is 15.0 Å². The van der Waals surface area contributed by atoms with E-state index in [2.05, 4.69) is 5.32 Å². The summed E-state index contributed by atoms with van der Waals surface area (Å²) in [6, 6.07) is 13.0. The summed E-state index contributed by atoms with van der Waals surface area (Å²) in [6.07, 6.45) is 2.09. The highest BCUT2D eigenvalue weighted by Crippen LogP contribution is 2.25. The van der Waals surface area contributed by atoms with Crippen molar-refractivity contribution in [3.63, 3.8) is 0 Å². The molecule has 1 heterocycles. The first-order valence-electron chi connectivity index (χ1n) is 9.06. The van der Waals surface area contributed by atoms with Gasteiger partial charge in [0.2, 0.25) is 0 Å². The van der Waals surface area contributed by atoms with Gasteiger partial charge in [-0.05, 0) is 36.6 Å². The average Bonchev–Trinajstić information content (AvgIpc) is 3.25. The van der Waals surface area contributed by atoms with Crippen molar-refractivity contribution in [2.24, 2.45) is 0 Å². The standard InChI is InChI=1S/C20H21N3O5/c24-19(14-28-18-6-2-1-5-17(18)23(26)27)21-13-15-7-9-16(10-8-15)20(25)22-11-3-4-12-22/h1-2,5-10H,3-4,11-14H2,(H,21,24). The third-order valence-corrected chi connectivity index (χ3v) is 4.50. The van der Waals surface area contributed by atoms with Gasteiger partial charge in [-0.25, -0.2) is 0 Å². The fourth-order valence-corrected chi connectivity index (χ4v) is 2.99. The number of nitrogens with zero attached hydrogens (tertiary/aromatic N) is 2. The Bertz CT molecular complexity index is 860. The molecule has 146 valence electrons. The Hall–Kier alpha value is -3.42. The molecule has 0 atom stereocenters. The highest BCUT2D eigenvalue weighted by molar-refractivity contribution is 5.94. The Balaban J connectivity index is 1.48. The highest BCUT2D eigenvalue weighted by atomic mass is 16.6. The van der Waals surface area contributed by atoms with Crippen LogP contribution in [0.2, 0.25) is 0 Å². The maximum Gasteiger partial charge on any atom is 0.310 e. The van der Waals surface area contributed by atoms with Crippen LogP contribution in [0.3, 0.4) is 0 Å². The summed E-state index contributed by atoms with van der Waals surface area (Å²) in [7, 11) is 0. The number of hydrogen-bond donors (Lipinski definition) is 1. The average molecular weight is 383 g/mol. The number of likely N-dealkylation sites (tertiary alicyclic amines) is 1. The van der Waals surface area contributed by atoms with Crippen molar-refractivity contribution in [3.8, 4) is 5.75 Å². The summed E-state index contributed by atoms with van der Waals surface area (Å²) in [5.41, 5.74) is 1.29. The van der Waals surface area contributed by atoms with E-state index in [9.17, 15) is 19.7 Å². The smallest absolute Gasteiger partial charge is 0.310 e. The molecule has 2 aromatic rings. The van der Waals surface area contributed by atoms with E-state index in [4.69, 9.17) is 4.74 Å². The number of rotatable bonds is 7. The van der Waals surface area contributed by atoms with Crippen molar-refractivity contribution in [2.75, 3.05) is 19.7 Å². The summed E-state index contributed by atoms with van der Waals surface area (Å²) in [5.74, 6) is -0.311. The van der Waals surface area contributed by atoms with E-state index < -0.39 is 10.8 Å². The maximum absolute atomic E-state index is 12.3. The molecule has 1 aliphatic rings. The van der Waals surface area contributed by atoms with Crippen molar-refractivity contribution in [1.29, 1.82) is 0 Å². The lowest BCUT2D eigenvalue weighted by Gasteiger charge is -2.15. The van der Waals surface area contributed by atoms with Gasteiger partial charge in [-0.3, -0.25) is 19.7 Å². The molecule has 8 heteroatoms. The fourth-order valence-electron chi connectivity index (χ4n) is 2.99. The number of nitro benzene ring substituents is 1. The van der Waals surface area contributed by atoms with E-state index in [1.54, 1.807) is 30.3 Å². The summed E-state index contributed by atoms with van der Waals surface area (Å²) in [6.45, 7) is 1.56. The van der Waals surface area contributed by atoms with Gasteiger partial charge in [-0.2, -0.15) is 0 Å². The highest BCUT2D eigenvalue weighted by Gasteiger charge is 2.19. The van der Waals surface area contributed by atoms with E-state index in [0.717, 1.165) is 31.5 Å². The number of nitrogens with one attached hydrogen (secondary N) is 1. The fraction of sp³-hybridized carbons (Fsp3) is 0.300. The molecule has 1 fully saturated rings. The van der Waals surface area contributed by atoms with Crippen LogP contribution in [0, 0.1) is 10.1 Å². The normalized spacial score (nSPS) is 13.2. The van der Waals surface area contributed by atoms with E-state index in [0.29, 0.717) is 5.56 Å². The predicted octanol–water partition coefficient (Wildman–Crippen LogP) is 2.53. The third kappa shape index (κ3) is 4.85. The summed E-state index contributed by atoms with van der Waals surface area (Å²) in [5, 5.41) is 13.6. The molecule has 0 aromatic heterocycles. The monoisotopic (exact) mass is 383 g/mol. The Morgan fingerprint density at radius 3 is 2.43 bits per heavy atom. The van der Waals surface area contributed by atoms with Gasteiger partial charge in [0.05, 0.1) is 4.92 Å². The van der Waals surface area contributed by atoms with Crippen LogP contribution in [0.15, 0.2) is 48.5 Å². The second-order valence-corrected chi connectivity index (χ2v) is 6.49. The Labute approximate surface area is 162 Å². The molecule has 0 aliphatic carbocycles. The molecule has 3 rings (SSSR count). The van der Waals surface area contributed by atoms with Crippen LogP contribution in [0.1, 0.15) is 28.8 Å². The molecular weight excluding hydrogens is 362 g/mol. The number of nitro groups is 1. The number of carbonyl (C=O) groups excluding carboxylic acids is 2. The number of para-hydroxylation sites is 2. The first-order chi connectivity index (χ1) is 13.5. The van der Waals surface area contributed by atoms with Gasteiger partial charge >= 0.3 is 5.69 Å². The molecule has 0 saturated carbocycles. The van der Waals surface area contributed by atoms with E-state index in [1.807, 2.05) is 4.90 Å². The topological polar surface area (TPSA) is 102 Å². The molecule has 8 nitrogen and oxygen atoms in total. The zero-order valence-corrected chi connectivity index (χ0v) is 15.3. The number of ether oxygens (including phenoxy) is 1. The Morgan fingerprint density at radius 1 is 1.07 bits per heavy atom. The van der Waals surface area contributed by atoms with Crippen molar-refractivity contribution in [3.05, 3.63) is 69.8 Å². The molecule has 1 saturated heterocycles. The molecule has 1 aliphatic heterocycles. The summed E-state index contributed by atoms with van der Waals surface area (Å²) < 4.78 is 5.25. The minimum absolute atomic E-state index is 0.0333. The minimum Gasteiger partial charge on any atom is -0.477 e. The lowest BCUT2D eigenvalue weighted by Crippen LogP contribution is -2.29. The minimum atomic E-state index is -0.557. The van der Waals surface area contributed by atoms with Crippen LogP contribution in [0.4, 0.5) is 5.69 Å². The van der Waals surface area contributed by atoms with Gasteiger partial charge in [0.15, 0.2) is 12.4 Å². The van der Waals surface area contributed by atoms with Crippen LogP contribution in [0.5, 0.6) is 5.75 Å². The number of carbonyl (C=O) groups is 2. The number of benzene rings is 2. The first kappa shape index (κ1) is 19.3. The summed E-state index contributed by atoms with van der Waals surface area (Å²) in [4.78, 5) is 36.5. The molecular formula is C20H21N3O5. The van der Waals surface area contributed by atoms with Gasteiger partial charge in [0.1, 0.15) is 0 Å². The lowest BCUT2D eigenvalue weighted by molar-refractivity contribution is -0.385. The quantitative estimate of drug-likeness (QED) is 0.585. The Kier molecular flexibility index (Phi) is 6.21. The van der Waals surface area contributed by atoms with Gasteiger partial charge in [0, 0.05) is 31.3 Å². The van der Waals surface area contributed by atoms with E-state index in [1.165, 1.54) is 18.2 Å². The molecule has 0 bridgehead atoms. The van der Waals surface area contributed by atoms with Crippen LogP contribution in [-0.2, 0) is 11.3 Å². The van der Waals surface area contributed by atoms with Crippen LogP contribution < -0.4 is 10.1 Å². The SMILES string of the molecule is O=C(COc1ccccc1[N+](=O)[O-])NCc1ccc(C(=O)N2CCCC2)cc1. The largest absolute Gasteiger partial charge is 0.477 e. The zero-order valence-electron chi connectivity index (χ0n) is 15.3. The second-order valence-electron chi connectivity index (χ2n) is 6.49. The van der Waals surface area contributed by atoms with Crippen LogP contribution in [-0.4, -0.2) is 41.3 Å². The molecule has 2 aromatic carbocycles. The Morgan fingerprint density at radius 2 is 1.75 bits per heavy atom. The molecule has 0 spiro atoms. The lowest BCUT2D eigenvalue weighted by atomic mass is 10.1. The molecule has 2 amide bonds. The van der Waals surface area contributed by atoms with Crippen molar-refractivity contribution >= 4 is 17.5 Å². The van der Waals surface area contributed by atoms with E-state index >= 15 is 0 Å². The van der Waals surface area contributed by atoms with Crippen LogP contribution in [0.25, 0.3) is 0 Å². The first-order valence-corrected chi connectivity index (χ1v) is 9.06. The molecule has 28 heavy (non-hydrogen) atoms. The van der Waals surface area contributed by atoms with Crippen molar-refractivity contribution in [2.45, 2.75) is 19.4 Å². The van der Waals surface area contributed by atoms with E-state index in [-0.39, 0.29) is 30.5 Å². The van der Waals surface area contributed by atoms with Gasteiger partial charge in [-0.15, -0.1) is 0 Å². The maximum atomic E-state index is 12.3. The van der Waals surface area contributed by atoms with Gasteiger partial charge in [0.25, 0.3) is 11.8 Å². The van der Waals surface area contributed by atoms with Crippen LogP contribution >= 0.6 is 0 Å². The summed E-state index contributed by atoms with van der Waals surface area (Å²) >= 11 is 0. The van der Waals surface area contributed by atoms with Crippen molar-refractivity contribution in [1.82, 2.24) is 10.2 Å². The molecule has 1 N–H and O–H groups in total.